The summed E-state index contributed by atoms with van der Waals surface area (Å²) in [6.07, 6.45) is 0.0878. The monoisotopic (exact) mass is 302 g/mol. The molecule has 0 aliphatic rings. The number of halogens is 1. The highest BCUT2D eigenvalue weighted by Gasteiger charge is 2.10. The molecule has 3 N–H and O–H groups in total. The first-order valence-electron chi connectivity index (χ1n) is 6.63. The van der Waals surface area contributed by atoms with Crippen LogP contribution in [0.2, 0.25) is 0 Å². The standard InChI is InChI=1S/C16H15FN2O3/c17-11-5-7-12(8-6-11)22-10-9-15(20)19-14-4-2-1-3-13(14)16(18)21/h1-8H,9-10H2,(H2,18,21)(H,19,20). The summed E-state index contributed by atoms with van der Waals surface area (Å²) >= 11 is 0. The van der Waals surface area contributed by atoms with Crippen LogP contribution in [0.5, 0.6) is 5.75 Å². The number of benzene rings is 2. The Morgan fingerprint density at radius 2 is 1.77 bits per heavy atom. The van der Waals surface area contributed by atoms with Gasteiger partial charge in [0.15, 0.2) is 0 Å². The molecular formula is C16H15FN2O3. The van der Waals surface area contributed by atoms with E-state index in [0.717, 1.165) is 0 Å². The van der Waals surface area contributed by atoms with Crippen LogP contribution >= 0.6 is 0 Å². The molecule has 2 amide bonds. The Bertz CT molecular complexity index is 671. The number of nitrogens with two attached hydrogens (primary N) is 1. The van der Waals surface area contributed by atoms with E-state index in [1.165, 1.54) is 30.3 Å². The van der Waals surface area contributed by atoms with Gasteiger partial charge in [-0.25, -0.2) is 4.39 Å². The number of rotatable bonds is 6. The van der Waals surface area contributed by atoms with E-state index in [1.807, 2.05) is 0 Å². The fraction of sp³-hybridized carbons (Fsp3) is 0.125. The van der Waals surface area contributed by atoms with Crippen LogP contribution in [0.25, 0.3) is 0 Å². The zero-order chi connectivity index (χ0) is 15.9. The number of primary amides is 1. The van der Waals surface area contributed by atoms with E-state index in [1.54, 1.807) is 18.2 Å². The van der Waals surface area contributed by atoms with E-state index in [2.05, 4.69) is 5.32 Å². The summed E-state index contributed by atoms with van der Waals surface area (Å²) in [6, 6.07) is 12.0. The molecule has 0 spiro atoms. The Hall–Kier alpha value is -2.89. The second-order valence-electron chi connectivity index (χ2n) is 4.51. The van der Waals surface area contributed by atoms with Gasteiger partial charge in [-0.2, -0.15) is 0 Å². The summed E-state index contributed by atoms with van der Waals surface area (Å²) in [5.74, 6) is -0.797. The fourth-order valence-electron chi connectivity index (χ4n) is 1.81. The lowest BCUT2D eigenvalue weighted by atomic mass is 10.1. The van der Waals surface area contributed by atoms with Gasteiger partial charge in [0.2, 0.25) is 5.91 Å². The smallest absolute Gasteiger partial charge is 0.250 e. The van der Waals surface area contributed by atoms with E-state index >= 15 is 0 Å². The predicted molar refractivity (Wildman–Crippen MR) is 80.1 cm³/mol. The first kappa shape index (κ1) is 15.5. The van der Waals surface area contributed by atoms with Crippen molar-refractivity contribution in [2.45, 2.75) is 6.42 Å². The first-order chi connectivity index (χ1) is 10.6. The molecule has 0 heterocycles. The van der Waals surface area contributed by atoms with Gasteiger partial charge in [0.25, 0.3) is 5.91 Å². The van der Waals surface area contributed by atoms with Gasteiger partial charge in [-0.15, -0.1) is 0 Å². The molecule has 0 bridgehead atoms. The molecule has 6 heteroatoms. The Morgan fingerprint density at radius 1 is 1.09 bits per heavy atom. The van der Waals surface area contributed by atoms with E-state index in [-0.39, 0.29) is 30.3 Å². The molecule has 0 unspecified atom stereocenters. The summed E-state index contributed by atoms with van der Waals surface area (Å²) in [5, 5.41) is 2.61. The molecule has 5 nitrogen and oxygen atoms in total. The highest BCUT2D eigenvalue weighted by molar-refractivity contribution is 6.02. The summed E-state index contributed by atoms with van der Waals surface area (Å²) < 4.78 is 18.1. The Kier molecular flexibility index (Phi) is 5.08. The van der Waals surface area contributed by atoms with Gasteiger partial charge < -0.3 is 15.8 Å². The minimum atomic E-state index is -0.613. The van der Waals surface area contributed by atoms with E-state index in [4.69, 9.17) is 10.5 Å². The number of nitrogens with one attached hydrogen (secondary N) is 1. The molecule has 2 rings (SSSR count). The summed E-state index contributed by atoms with van der Waals surface area (Å²) in [5.41, 5.74) is 5.84. The Morgan fingerprint density at radius 3 is 2.45 bits per heavy atom. The van der Waals surface area contributed by atoms with Gasteiger partial charge in [-0.05, 0) is 36.4 Å². The van der Waals surface area contributed by atoms with Gasteiger partial charge in [0.05, 0.1) is 24.3 Å². The zero-order valence-electron chi connectivity index (χ0n) is 11.7. The molecule has 0 saturated carbocycles. The number of anilines is 1. The van der Waals surface area contributed by atoms with Gasteiger partial charge in [0.1, 0.15) is 11.6 Å². The topological polar surface area (TPSA) is 81.4 Å². The van der Waals surface area contributed by atoms with Crippen molar-refractivity contribution in [2.75, 3.05) is 11.9 Å². The van der Waals surface area contributed by atoms with Gasteiger partial charge >= 0.3 is 0 Å². The molecule has 114 valence electrons. The lowest BCUT2D eigenvalue weighted by molar-refractivity contribution is -0.116. The van der Waals surface area contributed by atoms with Crippen molar-refractivity contribution in [3.8, 4) is 5.75 Å². The fourth-order valence-corrected chi connectivity index (χ4v) is 1.81. The largest absolute Gasteiger partial charge is 0.493 e. The van der Waals surface area contributed by atoms with Crippen molar-refractivity contribution in [1.82, 2.24) is 0 Å². The van der Waals surface area contributed by atoms with Crippen LogP contribution in [-0.2, 0) is 4.79 Å². The van der Waals surface area contributed by atoms with E-state index in [0.29, 0.717) is 11.4 Å². The van der Waals surface area contributed by atoms with Crippen LogP contribution < -0.4 is 15.8 Å². The maximum absolute atomic E-state index is 12.7. The summed E-state index contributed by atoms with van der Waals surface area (Å²) in [6.45, 7) is 0.135. The van der Waals surface area contributed by atoms with Gasteiger partial charge in [-0.1, -0.05) is 12.1 Å². The molecule has 0 fully saturated rings. The molecule has 0 atom stereocenters. The van der Waals surface area contributed by atoms with Crippen molar-refractivity contribution in [3.63, 3.8) is 0 Å². The van der Waals surface area contributed by atoms with Crippen LogP contribution in [-0.4, -0.2) is 18.4 Å². The number of amides is 2. The van der Waals surface area contributed by atoms with Crippen LogP contribution in [0.1, 0.15) is 16.8 Å². The van der Waals surface area contributed by atoms with Crippen molar-refractivity contribution in [2.24, 2.45) is 5.73 Å². The maximum atomic E-state index is 12.7. The van der Waals surface area contributed by atoms with Crippen LogP contribution in [0, 0.1) is 5.82 Å². The molecule has 0 aliphatic carbocycles. The van der Waals surface area contributed by atoms with Crippen LogP contribution in [0.4, 0.5) is 10.1 Å². The number of carbonyl (C=O) groups excluding carboxylic acids is 2. The Labute approximate surface area is 126 Å². The highest BCUT2D eigenvalue weighted by Crippen LogP contribution is 2.15. The average molecular weight is 302 g/mol. The zero-order valence-corrected chi connectivity index (χ0v) is 11.7. The molecular weight excluding hydrogens is 287 g/mol. The number of ether oxygens (including phenoxy) is 1. The van der Waals surface area contributed by atoms with Crippen LogP contribution in [0.3, 0.4) is 0 Å². The van der Waals surface area contributed by atoms with Gasteiger partial charge in [0, 0.05) is 0 Å². The summed E-state index contributed by atoms with van der Waals surface area (Å²) in [4.78, 5) is 23.1. The third-order valence-electron chi connectivity index (χ3n) is 2.88. The van der Waals surface area contributed by atoms with Crippen molar-refractivity contribution >= 4 is 17.5 Å². The number of para-hydroxylation sites is 1. The predicted octanol–water partition coefficient (Wildman–Crippen LogP) is 2.33. The average Bonchev–Trinajstić information content (AvgIpc) is 2.49. The van der Waals surface area contributed by atoms with Crippen molar-refractivity contribution < 1.29 is 18.7 Å². The first-order valence-corrected chi connectivity index (χ1v) is 6.63. The normalized spacial score (nSPS) is 10.0. The maximum Gasteiger partial charge on any atom is 0.250 e. The van der Waals surface area contributed by atoms with E-state index < -0.39 is 5.91 Å². The van der Waals surface area contributed by atoms with Crippen LogP contribution in [0.15, 0.2) is 48.5 Å². The highest BCUT2D eigenvalue weighted by atomic mass is 19.1. The SMILES string of the molecule is NC(=O)c1ccccc1NC(=O)CCOc1ccc(F)cc1. The summed E-state index contributed by atoms with van der Waals surface area (Å²) in [7, 11) is 0. The molecule has 2 aromatic rings. The third-order valence-corrected chi connectivity index (χ3v) is 2.88. The van der Waals surface area contributed by atoms with E-state index in [9.17, 15) is 14.0 Å². The lowest BCUT2D eigenvalue weighted by Gasteiger charge is -2.09. The molecule has 2 aromatic carbocycles. The third kappa shape index (κ3) is 4.31. The molecule has 0 aromatic heterocycles. The molecule has 22 heavy (non-hydrogen) atoms. The quantitative estimate of drug-likeness (QED) is 0.859. The second kappa shape index (κ2) is 7.21. The van der Waals surface area contributed by atoms with Gasteiger partial charge in [-0.3, -0.25) is 9.59 Å². The lowest BCUT2D eigenvalue weighted by Crippen LogP contribution is -2.19. The number of carbonyl (C=O) groups is 2. The minimum Gasteiger partial charge on any atom is -0.493 e. The number of hydrogen-bond acceptors (Lipinski definition) is 3. The van der Waals surface area contributed by atoms with Crippen molar-refractivity contribution in [1.29, 1.82) is 0 Å². The minimum absolute atomic E-state index is 0.0878. The molecule has 0 radical (unpaired) electrons. The van der Waals surface area contributed by atoms with Crippen molar-refractivity contribution in [3.05, 3.63) is 59.9 Å². The molecule has 0 saturated heterocycles. The molecule has 0 aliphatic heterocycles. The Balaban J connectivity index is 1.86. The second-order valence-corrected chi connectivity index (χ2v) is 4.51. The number of hydrogen-bond donors (Lipinski definition) is 2.